The van der Waals surface area contributed by atoms with Crippen LogP contribution in [0.15, 0.2) is 54.6 Å². The second-order valence-corrected chi connectivity index (χ2v) is 6.47. The fraction of sp³-hybridized carbons (Fsp3) is 0.300. The fourth-order valence-corrected chi connectivity index (χ4v) is 3.06. The fourth-order valence-electron chi connectivity index (χ4n) is 3.06. The average molecular weight is 349 g/mol. The summed E-state index contributed by atoms with van der Waals surface area (Å²) in [6.07, 6.45) is 0.928. The highest BCUT2D eigenvalue weighted by Crippen LogP contribution is 2.29. The van der Waals surface area contributed by atoms with Gasteiger partial charge in [-0.3, -0.25) is 4.79 Å². The normalized spacial score (nSPS) is 13.2. The van der Waals surface area contributed by atoms with Crippen LogP contribution >= 0.6 is 0 Å². The molecule has 26 heavy (non-hydrogen) atoms. The van der Waals surface area contributed by atoms with Gasteiger partial charge >= 0.3 is 0 Å². The summed E-state index contributed by atoms with van der Waals surface area (Å²) in [5.41, 5.74) is 2.63. The Morgan fingerprint density at radius 2 is 1.92 bits per heavy atom. The van der Waals surface area contributed by atoms with Crippen molar-refractivity contribution in [3.63, 3.8) is 0 Å². The van der Waals surface area contributed by atoms with Crippen molar-refractivity contribution in [1.29, 1.82) is 0 Å². The number of nitrogens with zero attached hydrogens (tertiary/aromatic N) is 4. The van der Waals surface area contributed by atoms with Gasteiger partial charge in [0.1, 0.15) is 0 Å². The standard InChI is InChI=1S/C20H23N5O/c1-4-14(2)18(15-9-6-5-7-10-15)20(26)21-17-12-8-11-16(13-17)19-22-23-24-25(19)3/h5-14,18H,4H2,1-3H3,(H,21,26). The van der Waals surface area contributed by atoms with Crippen LogP contribution in [0.3, 0.4) is 0 Å². The molecule has 1 heterocycles. The number of amides is 1. The zero-order chi connectivity index (χ0) is 18.5. The molecule has 1 aromatic heterocycles. The average Bonchev–Trinajstić information content (AvgIpc) is 3.09. The maximum absolute atomic E-state index is 13.0. The van der Waals surface area contributed by atoms with E-state index >= 15 is 0 Å². The first-order chi connectivity index (χ1) is 12.6. The molecule has 2 unspecified atom stereocenters. The van der Waals surface area contributed by atoms with Crippen LogP contribution in [0.1, 0.15) is 31.7 Å². The van der Waals surface area contributed by atoms with Crippen molar-refractivity contribution >= 4 is 11.6 Å². The van der Waals surface area contributed by atoms with E-state index in [1.54, 1.807) is 11.7 Å². The molecule has 1 amide bonds. The van der Waals surface area contributed by atoms with Gasteiger partial charge in [-0.1, -0.05) is 62.7 Å². The van der Waals surface area contributed by atoms with E-state index in [-0.39, 0.29) is 17.7 Å². The Kier molecular flexibility index (Phi) is 5.41. The van der Waals surface area contributed by atoms with Gasteiger partial charge in [-0.25, -0.2) is 4.68 Å². The molecule has 0 saturated carbocycles. The number of aromatic nitrogens is 4. The zero-order valence-electron chi connectivity index (χ0n) is 15.3. The van der Waals surface area contributed by atoms with Gasteiger partial charge in [-0.15, -0.1) is 5.10 Å². The third-order valence-corrected chi connectivity index (χ3v) is 4.66. The first-order valence-electron chi connectivity index (χ1n) is 8.78. The predicted octanol–water partition coefficient (Wildman–Crippen LogP) is 3.65. The van der Waals surface area contributed by atoms with Crippen molar-refractivity contribution in [1.82, 2.24) is 20.2 Å². The summed E-state index contributed by atoms with van der Waals surface area (Å²) in [5, 5.41) is 14.6. The lowest BCUT2D eigenvalue weighted by Crippen LogP contribution is -2.26. The molecule has 3 rings (SSSR count). The Morgan fingerprint density at radius 3 is 2.58 bits per heavy atom. The third-order valence-electron chi connectivity index (χ3n) is 4.66. The van der Waals surface area contributed by atoms with Gasteiger partial charge in [0, 0.05) is 18.3 Å². The van der Waals surface area contributed by atoms with E-state index in [2.05, 4.69) is 34.7 Å². The van der Waals surface area contributed by atoms with Crippen LogP contribution in [0.4, 0.5) is 5.69 Å². The van der Waals surface area contributed by atoms with Gasteiger partial charge < -0.3 is 5.32 Å². The second kappa shape index (κ2) is 7.91. The van der Waals surface area contributed by atoms with Gasteiger partial charge in [0.05, 0.1) is 5.92 Å². The van der Waals surface area contributed by atoms with E-state index in [4.69, 9.17) is 0 Å². The number of nitrogens with one attached hydrogen (secondary N) is 1. The van der Waals surface area contributed by atoms with Crippen LogP contribution < -0.4 is 5.32 Å². The monoisotopic (exact) mass is 349 g/mol. The largest absolute Gasteiger partial charge is 0.326 e. The molecular formula is C20H23N5O. The molecule has 0 bridgehead atoms. The number of rotatable bonds is 6. The van der Waals surface area contributed by atoms with E-state index in [1.165, 1.54) is 0 Å². The van der Waals surface area contributed by atoms with E-state index in [0.717, 1.165) is 23.2 Å². The Labute approximate surface area is 153 Å². The lowest BCUT2D eigenvalue weighted by Gasteiger charge is -2.23. The molecule has 0 aliphatic rings. The Bertz CT molecular complexity index is 875. The zero-order valence-corrected chi connectivity index (χ0v) is 15.3. The molecule has 2 atom stereocenters. The minimum Gasteiger partial charge on any atom is -0.326 e. The summed E-state index contributed by atoms with van der Waals surface area (Å²) in [7, 11) is 1.79. The molecular weight excluding hydrogens is 326 g/mol. The molecule has 6 heteroatoms. The van der Waals surface area contributed by atoms with Crippen molar-refractivity contribution < 1.29 is 4.79 Å². The van der Waals surface area contributed by atoms with Gasteiger partial charge in [0.2, 0.25) is 5.91 Å². The van der Waals surface area contributed by atoms with Crippen molar-refractivity contribution in [3.05, 3.63) is 60.2 Å². The molecule has 134 valence electrons. The highest BCUT2D eigenvalue weighted by molar-refractivity contribution is 5.96. The van der Waals surface area contributed by atoms with Crippen molar-refractivity contribution in [3.8, 4) is 11.4 Å². The number of anilines is 1. The number of tetrazole rings is 1. The summed E-state index contributed by atoms with van der Waals surface area (Å²) in [5.74, 6) is 0.700. The molecule has 0 radical (unpaired) electrons. The summed E-state index contributed by atoms with van der Waals surface area (Å²) >= 11 is 0. The third kappa shape index (κ3) is 3.79. The molecule has 2 aromatic carbocycles. The highest BCUT2D eigenvalue weighted by Gasteiger charge is 2.26. The summed E-state index contributed by atoms with van der Waals surface area (Å²) in [6.45, 7) is 4.22. The molecule has 1 N–H and O–H groups in total. The van der Waals surface area contributed by atoms with E-state index in [1.807, 2.05) is 54.6 Å². The van der Waals surface area contributed by atoms with Crippen molar-refractivity contribution in [2.45, 2.75) is 26.2 Å². The smallest absolute Gasteiger partial charge is 0.232 e. The number of carbonyl (C=O) groups excluding carboxylic acids is 1. The maximum Gasteiger partial charge on any atom is 0.232 e. The summed E-state index contributed by atoms with van der Waals surface area (Å²) in [6, 6.07) is 17.5. The maximum atomic E-state index is 13.0. The summed E-state index contributed by atoms with van der Waals surface area (Å²) in [4.78, 5) is 13.0. The van der Waals surface area contributed by atoms with Crippen LogP contribution in [0.5, 0.6) is 0 Å². The van der Waals surface area contributed by atoms with Crippen molar-refractivity contribution in [2.24, 2.45) is 13.0 Å². The Balaban J connectivity index is 1.85. The van der Waals surface area contributed by atoms with Gasteiger partial charge in [-0.05, 0) is 34.0 Å². The molecule has 0 aliphatic heterocycles. The van der Waals surface area contributed by atoms with E-state index in [9.17, 15) is 4.79 Å². The first kappa shape index (κ1) is 17.8. The molecule has 3 aromatic rings. The van der Waals surface area contributed by atoms with Crippen LogP contribution in [0.25, 0.3) is 11.4 Å². The number of aryl methyl sites for hydroxylation is 1. The van der Waals surface area contributed by atoms with E-state index < -0.39 is 0 Å². The van der Waals surface area contributed by atoms with Crippen molar-refractivity contribution in [2.75, 3.05) is 5.32 Å². The predicted molar refractivity (Wildman–Crippen MR) is 102 cm³/mol. The molecule has 0 saturated heterocycles. The highest BCUT2D eigenvalue weighted by atomic mass is 16.1. The van der Waals surface area contributed by atoms with Crippen LogP contribution in [0.2, 0.25) is 0 Å². The molecule has 6 nitrogen and oxygen atoms in total. The van der Waals surface area contributed by atoms with E-state index in [0.29, 0.717) is 5.82 Å². The van der Waals surface area contributed by atoms with Gasteiger partial charge in [0.25, 0.3) is 0 Å². The van der Waals surface area contributed by atoms with Gasteiger partial charge in [-0.2, -0.15) is 0 Å². The van der Waals surface area contributed by atoms with Crippen LogP contribution in [-0.4, -0.2) is 26.1 Å². The minimum atomic E-state index is -0.193. The topological polar surface area (TPSA) is 72.7 Å². The lowest BCUT2D eigenvalue weighted by atomic mass is 9.85. The number of carbonyl (C=O) groups is 1. The number of hydrogen-bond donors (Lipinski definition) is 1. The van der Waals surface area contributed by atoms with Crippen LogP contribution in [-0.2, 0) is 11.8 Å². The van der Waals surface area contributed by atoms with Gasteiger partial charge in [0.15, 0.2) is 5.82 Å². The molecule has 0 spiro atoms. The minimum absolute atomic E-state index is 0.00112. The Hall–Kier alpha value is -3.02. The SMILES string of the molecule is CCC(C)C(C(=O)Nc1cccc(-c2nnnn2C)c1)c1ccccc1. The number of hydrogen-bond acceptors (Lipinski definition) is 4. The second-order valence-electron chi connectivity index (χ2n) is 6.47. The summed E-state index contributed by atoms with van der Waals surface area (Å²) < 4.78 is 1.60. The van der Waals surface area contributed by atoms with Crippen LogP contribution in [0, 0.1) is 5.92 Å². The molecule has 0 aliphatic carbocycles. The first-order valence-corrected chi connectivity index (χ1v) is 8.78. The lowest BCUT2D eigenvalue weighted by molar-refractivity contribution is -0.118. The molecule has 0 fully saturated rings. The quantitative estimate of drug-likeness (QED) is 0.737. The number of benzene rings is 2. The Morgan fingerprint density at radius 1 is 1.15 bits per heavy atom.